The molecule has 1 aliphatic heterocycles. The zero-order chi connectivity index (χ0) is 22.0. The number of hydrogen-bond acceptors (Lipinski definition) is 5. The first kappa shape index (κ1) is 20.9. The molecule has 0 saturated carbocycles. The Hall–Kier alpha value is -3.35. The third kappa shape index (κ3) is 4.26. The van der Waals surface area contributed by atoms with E-state index in [1.807, 2.05) is 36.4 Å². The van der Waals surface area contributed by atoms with E-state index in [0.29, 0.717) is 28.2 Å². The van der Waals surface area contributed by atoms with Crippen LogP contribution in [0.4, 0.5) is 0 Å². The number of hydrogen-bond donors (Lipinski definition) is 0. The van der Waals surface area contributed by atoms with E-state index in [0.717, 1.165) is 23.0 Å². The van der Waals surface area contributed by atoms with E-state index >= 15 is 0 Å². The molecule has 4 rings (SSSR count). The van der Waals surface area contributed by atoms with Gasteiger partial charge in [-0.15, -0.1) is 0 Å². The zero-order valence-corrected chi connectivity index (χ0v) is 17.6. The average molecular weight is 431 g/mol. The highest BCUT2D eigenvalue weighted by Gasteiger charge is 2.31. The van der Waals surface area contributed by atoms with Gasteiger partial charge in [-0.25, -0.2) is 0 Å². The van der Waals surface area contributed by atoms with E-state index in [9.17, 15) is 18.4 Å². The molecule has 1 aliphatic rings. The molecule has 0 fully saturated rings. The van der Waals surface area contributed by atoms with Crippen molar-refractivity contribution in [3.05, 3.63) is 101 Å². The lowest BCUT2D eigenvalue weighted by atomic mass is 9.83. The van der Waals surface area contributed by atoms with Gasteiger partial charge in [-0.05, 0) is 24.1 Å². The van der Waals surface area contributed by atoms with Crippen LogP contribution in [0.2, 0.25) is 0 Å². The highest BCUT2D eigenvalue weighted by atomic mass is 32.2. The molecule has 2 atom stereocenters. The third-order valence-electron chi connectivity index (χ3n) is 5.26. The lowest BCUT2D eigenvalue weighted by Crippen LogP contribution is -2.16. The summed E-state index contributed by atoms with van der Waals surface area (Å²) in [7, 11) is 0. The Kier molecular flexibility index (Phi) is 5.93. The number of carbonyl (C=O) groups excluding carboxylic acids is 2. The van der Waals surface area contributed by atoms with Gasteiger partial charge in [-0.3, -0.25) is 9.00 Å². The molecule has 31 heavy (non-hydrogen) atoms. The summed E-state index contributed by atoms with van der Waals surface area (Å²) in [6, 6.07) is 21.5. The van der Waals surface area contributed by atoms with E-state index < -0.39 is 17.0 Å². The van der Waals surface area contributed by atoms with Crippen molar-refractivity contribution >= 4 is 34.5 Å². The first-order chi connectivity index (χ1) is 15.0. The van der Waals surface area contributed by atoms with E-state index in [1.165, 1.54) is 6.92 Å². The molecule has 0 aromatic heterocycles. The molecule has 0 radical (unpaired) electrons. The highest BCUT2D eigenvalue weighted by molar-refractivity contribution is 7.78. The molecule has 6 heteroatoms. The van der Waals surface area contributed by atoms with E-state index in [-0.39, 0.29) is 11.5 Å². The van der Waals surface area contributed by atoms with Crippen molar-refractivity contribution in [2.75, 3.05) is 0 Å². The predicted octanol–water partition coefficient (Wildman–Crippen LogP) is 4.51. The van der Waals surface area contributed by atoms with E-state index in [1.54, 1.807) is 36.4 Å². The van der Waals surface area contributed by atoms with Crippen molar-refractivity contribution < 1.29 is 23.1 Å². The minimum Gasteiger partial charge on any atom is -0.772 e. The van der Waals surface area contributed by atoms with Gasteiger partial charge in [-0.1, -0.05) is 77.8 Å². The zero-order valence-electron chi connectivity index (χ0n) is 16.7. The van der Waals surface area contributed by atoms with Gasteiger partial charge in [0.15, 0.2) is 5.78 Å². The van der Waals surface area contributed by atoms with Crippen LogP contribution in [0.5, 0.6) is 5.75 Å². The molecule has 0 N–H and O–H groups in total. The number of ether oxygens (including phenoxy) is 1. The van der Waals surface area contributed by atoms with Crippen molar-refractivity contribution in [1.29, 1.82) is 0 Å². The maximum absolute atomic E-state index is 12.2. The number of aldehydes is 1. The summed E-state index contributed by atoms with van der Waals surface area (Å²) >= 11 is -2.17. The van der Waals surface area contributed by atoms with Gasteiger partial charge in [0.2, 0.25) is 0 Å². The van der Waals surface area contributed by atoms with Crippen LogP contribution in [0.3, 0.4) is 0 Å². The Morgan fingerprint density at radius 1 is 1.00 bits per heavy atom. The maximum Gasteiger partial charge on any atom is 0.159 e. The third-order valence-corrected chi connectivity index (χ3v) is 5.83. The minimum atomic E-state index is -2.17. The van der Waals surface area contributed by atoms with Crippen molar-refractivity contribution in [2.45, 2.75) is 18.6 Å². The molecule has 0 amide bonds. The molecule has 1 heterocycles. The van der Waals surface area contributed by atoms with Crippen LogP contribution in [0.15, 0.2) is 72.8 Å². The van der Waals surface area contributed by atoms with E-state index in [4.69, 9.17) is 4.74 Å². The lowest BCUT2D eigenvalue weighted by Gasteiger charge is -2.28. The Bertz CT molecular complexity index is 1190. The van der Waals surface area contributed by atoms with Gasteiger partial charge in [0.25, 0.3) is 0 Å². The van der Waals surface area contributed by atoms with Gasteiger partial charge in [-0.2, -0.15) is 0 Å². The summed E-state index contributed by atoms with van der Waals surface area (Å²) in [5.74, 6) is 0.477. The fraction of sp³-hybridized carbons (Fsp3) is 0.120. The molecular weight excluding hydrogens is 412 g/mol. The highest BCUT2D eigenvalue weighted by Crippen LogP contribution is 2.45. The summed E-state index contributed by atoms with van der Waals surface area (Å²) in [6.07, 6.45) is 0.893. The Morgan fingerprint density at radius 3 is 2.26 bits per heavy atom. The van der Waals surface area contributed by atoms with Crippen molar-refractivity contribution in [3.63, 3.8) is 0 Å². The maximum atomic E-state index is 12.2. The number of rotatable bonds is 6. The molecule has 3 aromatic rings. The summed E-state index contributed by atoms with van der Waals surface area (Å²) in [6.45, 7) is 1.50. The molecule has 0 bridgehead atoms. The monoisotopic (exact) mass is 431 g/mol. The second-order valence-electron chi connectivity index (χ2n) is 7.27. The smallest absolute Gasteiger partial charge is 0.159 e. The quantitative estimate of drug-likeness (QED) is 0.326. The SMILES string of the molecule is CC(=O)c1ccc(C2=C(c3ccc(CS(=O)[O-])cc3)Oc3ccccc3C2C=O)cc1. The van der Waals surface area contributed by atoms with Crippen molar-refractivity contribution in [3.8, 4) is 5.75 Å². The second kappa shape index (κ2) is 8.79. The summed E-state index contributed by atoms with van der Waals surface area (Å²) < 4.78 is 28.2. The molecule has 5 nitrogen and oxygen atoms in total. The normalized spacial score (nSPS) is 16.3. The van der Waals surface area contributed by atoms with Crippen LogP contribution in [0, 0.1) is 0 Å². The Balaban J connectivity index is 1.88. The molecular formula is C25H19O5S-. The van der Waals surface area contributed by atoms with E-state index in [2.05, 4.69) is 0 Å². The van der Waals surface area contributed by atoms with Crippen molar-refractivity contribution in [1.82, 2.24) is 0 Å². The fourth-order valence-electron chi connectivity index (χ4n) is 3.73. The summed E-state index contributed by atoms with van der Waals surface area (Å²) in [5, 5.41) is 0. The van der Waals surface area contributed by atoms with Gasteiger partial charge in [0, 0.05) is 28.0 Å². The van der Waals surface area contributed by atoms with Gasteiger partial charge in [0.05, 0.1) is 5.92 Å². The number of benzene rings is 3. The molecule has 0 saturated heterocycles. The second-order valence-corrected chi connectivity index (χ2v) is 8.17. The van der Waals surface area contributed by atoms with Gasteiger partial charge >= 0.3 is 0 Å². The van der Waals surface area contributed by atoms with Crippen LogP contribution in [0.1, 0.15) is 45.5 Å². The molecule has 2 unspecified atom stereocenters. The molecule has 0 aliphatic carbocycles. The number of allylic oxidation sites excluding steroid dienone is 1. The Morgan fingerprint density at radius 2 is 1.65 bits per heavy atom. The molecule has 3 aromatic carbocycles. The first-order valence-corrected chi connectivity index (χ1v) is 10.9. The van der Waals surface area contributed by atoms with Gasteiger partial charge in [0.1, 0.15) is 17.8 Å². The molecule has 0 spiro atoms. The van der Waals surface area contributed by atoms with Crippen molar-refractivity contribution in [2.24, 2.45) is 0 Å². The number of carbonyl (C=O) groups is 2. The van der Waals surface area contributed by atoms with Crippen LogP contribution in [0.25, 0.3) is 11.3 Å². The summed E-state index contributed by atoms with van der Waals surface area (Å²) in [4.78, 5) is 23.9. The first-order valence-electron chi connectivity index (χ1n) is 9.70. The minimum absolute atomic E-state index is 0.0377. The largest absolute Gasteiger partial charge is 0.772 e. The van der Waals surface area contributed by atoms with Gasteiger partial charge < -0.3 is 14.1 Å². The van der Waals surface area contributed by atoms with Crippen LogP contribution in [-0.2, 0) is 21.6 Å². The number of Topliss-reactive ketones (excluding diaryl/α,β-unsaturated/α-hetero) is 1. The lowest BCUT2D eigenvalue weighted by molar-refractivity contribution is -0.108. The average Bonchev–Trinajstić information content (AvgIpc) is 2.78. The van der Waals surface area contributed by atoms with Crippen LogP contribution in [-0.4, -0.2) is 20.8 Å². The summed E-state index contributed by atoms with van der Waals surface area (Å²) in [5.41, 5.74) is 4.21. The van der Waals surface area contributed by atoms with Crippen LogP contribution >= 0.6 is 0 Å². The fourth-order valence-corrected chi connectivity index (χ4v) is 4.20. The predicted molar refractivity (Wildman–Crippen MR) is 118 cm³/mol. The molecule has 156 valence electrons. The number of ketones is 1. The topological polar surface area (TPSA) is 83.5 Å². The number of fused-ring (bicyclic) bond motifs is 1. The standard InChI is InChI=1S/C25H20O5S/c1-16(27)18-10-12-19(13-11-18)24-22(14-26)21-4-2-3-5-23(21)30-25(24)20-8-6-17(7-9-20)15-31(28)29/h2-14,22H,15H2,1H3,(H,28,29)/p-1. The number of para-hydroxylation sites is 1. The Labute approximate surface area is 182 Å². The van der Waals surface area contributed by atoms with Crippen LogP contribution < -0.4 is 4.74 Å².